The summed E-state index contributed by atoms with van der Waals surface area (Å²) in [4.78, 5) is 12.9. The number of rotatable bonds is 6. The van der Waals surface area contributed by atoms with Crippen LogP contribution in [0.1, 0.15) is 9.67 Å². The monoisotopic (exact) mass is 475 g/mol. The Labute approximate surface area is 179 Å². The van der Waals surface area contributed by atoms with Crippen molar-refractivity contribution in [3.63, 3.8) is 0 Å². The summed E-state index contributed by atoms with van der Waals surface area (Å²) in [5.74, 6) is 0.847. The van der Waals surface area contributed by atoms with Crippen molar-refractivity contribution in [2.24, 2.45) is 0 Å². The minimum absolute atomic E-state index is 0.0241. The van der Waals surface area contributed by atoms with E-state index < -0.39 is 26.0 Å². The van der Waals surface area contributed by atoms with Crippen LogP contribution in [-0.4, -0.2) is 70.0 Å². The van der Waals surface area contributed by atoms with Crippen LogP contribution >= 0.6 is 23.1 Å². The number of carbonyl (C=O) groups excluding carboxylic acids is 1. The van der Waals surface area contributed by atoms with E-state index in [2.05, 4.69) is 5.32 Å². The number of thioether (sulfide) groups is 1. The quantitative estimate of drug-likeness (QED) is 0.685. The minimum atomic E-state index is -3.76. The molecular formula is C17H21N3O5S4. The third-order valence-electron chi connectivity index (χ3n) is 4.29. The van der Waals surface area contributed by atoms with Crippen molar-refractivity contribution in [1.82, 2.24) is 8.61 Å². The van der Waals surface area contributed by atoms with Crippen LogP contribution in [0.3, 0.4) is 0 Å². The molecule has 1 fully saturated rings. The number of thiophene rings is 1. The highest BCUT2D eigenvalue weighted by Gasteiger charge is 2.31. The lowest BCUT2D eigenvalue weighted by Gasteiger charge is -2.25. The number of amides is 1. The second kappa shape index (κ2) is 8.74. The van der Waals surface area contributed by atoms with Gasteiger partial charge in [-0.25, -0.2) is 21.1 Å². The van der Waals surface area contributed by atoms with Crippen molar-refractivity contribution < 1.29 is 21.6 Å². The molecule has 0 radical (unpaired) electrons. The normalized spacial score (nSPS) is 16.1. The largest absolute Gasteiger partial charge is 0.321 e. The van der Waals surface area contributed by atoms with Crippen LogP contribution in [0, 0.1) is 0 Å². The topological polar surface area (TPSA) is 104 Å². The zero-order valence-electron chi connectivity index (χ0n) is 15.9. The summed E-state index contributed by atoms with van der Waals surface area (Å²) in [6, 6.07) is 7.28. The molecule has 1 aromatic heterocycles. The van der Waals surface area contributed by atoms with Gasteiger partial charge in [0.15, 0.2) is 0 Å². The Morgan fingerprint density at radius 2 is 1.79 bits per heavy atom. The van der Waals surface area contributed by atoms with Crippen molar-refractivity contribution in [2.75, 3.05) is 44.0 Å². The lowest BCUT2D eigenvalue weighted by Crippen LogP contribution is -2.38. The summed E-state index contributed by atoms with van der Waals surface area (Å²) in [6.07, 6.45) is 0. The van der Waals surface area contributed by atoms with Crippen LogP contribution in [0.2, 0.25) is 0 Å². The highest BCUT2D eigenvalue weighted by atomic mass is 32.2. The number of hydrogen-bond donors (Lipinski definition) is 1. The third-order valence-corrected chi connectivity index (χ3v) is 10.0. The Kier molecular flexibility index (Phi) is 6.70. The second-order valence-corrected chi connectivity index (χ2v) is 12.6. The number of nitrogens with one attached hydrogen (secondary N) is 1. The maximum atomic E-state index is 12.9. The lowest BCUT2D eigenvalue weighted by atomic mass is 10.3. The summed E-state index contributed by atoms with van der Waals surface area (Å²) in [5, 5.41) is 4.18. The van der Waals surface area contributed by atoms with Crippen LogP contribution in [0.5, 0.6) is 0 Å². The number of benzene rings is 1. The molecule has 2 heterocycles. The van der Waals surface area contributed by atoms with Gasteiger partial charge in [0.05, 0.1) is 4.90 Å². The number of carbonyl (C=O) groups is 1. The van der Waals surface area contributed by atoms with E-state index >= 15 is 0 Å². The van der Waals surface area contributed by atoms with E-state index in [0.717, 1.165) is 27.1 Å². The Morgan fingerprint density at radius 1 is 1.10 bits per heavy atom. The summed E-state index contributed by atoms with van der Waals surface area (Å²) < 4.78 is 52.9. The minimum Gasteiger partial charge on any atom is -0.321 e. The van der Waals surface area contributed by atoms with Gasteiger partial charge in [0.2, 0.25) is 20.0 Å². The molecule has 0 aliphatic carbocycles. The van der Waals surface area contributed by atoms with Crippen molar-refractivity contribution >= 4 is 54.7 Å². The molecule has 1 saturated heterocycles. The van der Waals surface area contributed by atoms with Crippen LogP contribution in [0.25, 0.3) is 0 Å². The molecule has 0 saturated carbocycles. The molecular weight excluding hydrogens is 454 g/mol. The molecule has 1 aromatic carbocycles. The molecule has 29 heavy (non-hydrogen) atoms. The zero-order valence-corrected chi connectivity index (χ0v) is 19.1. The SMILES string of the molecule is CN(C)S(=O)(=O)c1cccc(NC(=O)c2sccc2S(=O)(=O)N2CCSCC2)c1. The molecule has 8 nitrogen and oxygen atoms in total. The maximum absolute atomic E-state index is 12.9. The molecule has 0 atom stereocenters. The fourth-order valence-corrected chi connectivity index (χ4v) is 7.54. The van der Waals surface area contributed by atoms with Crippen LogP contribution in [-0.2, 0) is 20.0 Å². The number of anilines is 1. The predicted octanol–water partition coefficient (Wildman–Crippen LogP) is 1.99. The van der Waals surface area contributed by atoms with Gasteiger partial charge in [-0.1, -0.05) is 6.07 Å². The van der Waals surface area contributed by atoms with Gasteiger partial charge in [0, 0.05) is 44.4 Å². The van der Waals surface area contributed by atoms with E-state index in [0.29, 0.717) is 13.1 Å². The van der Waals surface area contributed by atoms with Crippen LogP contribution in [0.15, 0.2) is 45.5 Å². The summed E-state index contributed by atoms with van der Waals surface area (Å²) >= 11 is 2.73. The van der Waals surface area contributed by atoms with E-state index in [9.17, 15) is 21.6 Å². The van der Waals surface area contributed by atoms with Gasteiger partial charge in [-0.15, -0.1) is 11.3 Å². The van der Waals surface area contributed by atoms with Crippen LogP contribution < -0.4 is 5.32 Å². The summed E-state index contributed by atoms with van der Waals surface area (Å²) in [5.41, 5.74) is 0.268. The molecule has 0 spiro atoms. The molecule has 3 rings (SSSR count). The van der Waals surface area contributed by atoms with E-state index in [-0.39, 0.29) is 20.4 Å². The molecule has 0 unspecified atom stereocenters. The number of hydrogen-bond acceptors (Lipinski definition) is 7. The standard InChI is InChI=1S/C17H21N3O5S4/c1-19(2)28(22,23)14-5-3-4-13(12-14)18-17(21)16-15(6-9-27-16)29(24,25)20-7-10-26-11-8-20/h3-6,9,12H,7-8,10-11H2,1-2H3,(H,18,21). The molecule has 1 aliphatic heterocycles. The Morgan fingerprint density at radius 3 is 2.45 bits per heavy atom. The first kappa shape index (κ1) is 22.2. The second-order valence-electron chi connectivity index (χ2n) is 6.40. The molecule has 1 amide bonds. The molecule has 0 bridgehead atoms. The Bertz CT molecular complexity index is 1100. The first-order valence-electron chi connectivity index (χ1n) is 8.63. The average Bonchev–Trinajstić information content (AvgIpc) is 3.20. The van der Waals surface area contributed by atoms with Gasteiger partial charge in [0.25, 0.3) is 5.91 Å². The zero-order chi connectivity index (χ0) is 21.2. The van der Waals surface area contributed by atoms with Crippen LogP contribution in [0.4, 0.5) is 5.69 Å². The van der Waals surface area contributed by atoms with E-state index in [1.165, 1.54) is 42.7 Å². The molecule has 158 valence electrons. The first-order chi connectivity index (χ1) is 13.6. The van der Waals surface area contributed by atoms with Gasteiger partial charge < -0.3 is 5.32 Å². The predicted molar refractivity (Wildman–Crippen MR) is 116 cm³/mol. The highest BCUT2D eigenvalue weighted by Crippen LogP contribution is 2.28. The lowest BCUT2D eigenvalue weighted by molar-refractivity contribution is 0.102. The average molecular weight is 476 g/mol. The van der Waals surface area contributed by atoms with Crippen molar-refractivity contribution in [1.29, 1.82) is 0 Å². The van der Waals surface area contributed by atoms with Crippen molar-refractivity contribution in [3.05, 3.63) is 40.6 Å². The molecule has 1 N–H and O–H groups in total. The summed E-state index contributed by atoms with van der Waals surface area (Å²) in [6.45, 7) is 0.822. The van der Waals surface area contributed by atoms with Gasteiger partial charge in [-0.05, 0) is 29.6 Å². The smallest absolute Gasteiger partial charge is 0.267 e. The molecule has 1 aliphatic rings. The van der Waals surface area contributed by atoms with E-state index in [1.54, 1.807) is 23.2 Å². The van der Waals surface area contributed by atoms with Gasteiger partial charge >= 0.3 is 0 Å². The van der Waals surface area contributed by atoms with Gasteiger partial charge in [-0.2, -0.15) is 16.1 Å². The van der Waals surface area contributed by atoms with Crippen molar-refractivity contribution in [2.45, 2.75) is 9.79 Å². The van der Waals surface area contributed by atoms with E-state index in [1.807, 2.05) is 0 Å². The first-order valence-corrected chi connectivity index (χ1v) is 13.5. The maximum Gasteiger partial charge on any atom is 0.267 e. The fourth-order valence-electron chi connectivity index (χ4n) is 2.73. The Balaban J connectivity index is 1.86. The molecule has 12 heteroatoms. The van der Waals surface area contributed by atoms with E-state index in [4.69, 9.17) is 0 Å². The van der Waals surface area contributed by atoms with Gasteiger partial charge in [0.1, 0.15) is 9.77 Å². The highest BCUT2D eigenvalue weighted by molar-refractivity contribution is 7.99. The number of nitrogens with zero attached hydrogens (tertiary/aromatic N) is 2. The van der Waals surface area contributed by atoms with Gasteiger partial charge in [-0.3, -0.25) is 4.79 Å². The summed E-state index contributed by atoms with van der Waals surface area (Å²) in [7, 11) is -4.58. The number of sulfonamides is 2. The Hall–Kier alpha value is -1.44. The third kappa shape index (κ3) is 4.67. The van der Waals surface area contributed by atoms with Crippen molar-refractivity contribution in [3.8, 4) is 0 Å². The fraction of sp³-hybridized carbons (Fsp3) is 0.353. The molecule has 2 aromatic rings.